The fourth-order valence-electron chi connectivity index (χ4n) is 1.47. The minimum atomic E-state index is -0.0720. The van der Waals surface area contributed by atoms with Crippen LogP contribution in [-0.4, -0.2) is 5.91 Å². The molecule has 0 spiro atoms. The molecule has 0 radical (unpaired) electrons. The molecule has 1 N–H and O–H groups in total. The van der Waals surface area contributed by atoms with Gasteiger partial charge in [0.25, 0.3) is 0 Å². The lowest BCUT2D eigenvalue weighted by atomic mass is 10.1. The molecule has 0 atom stereocenters. The summed E-state index contributed by atoms with van der Waals surface area (Å²) in [5.74, 6) is -0.0720. The van der Waals surface area contributed by atoms with Crippen molar-refractivity contribution < 1.29 is 4.79 Å². The molecule has 3 nitrogen and oxygen atoms in total. The molecule has 0 bridgehead atoms. The van der Waals surface area contributed by atoms with Crippen molar-refractivity contribution in [2.45, 2.75) is 32.6 Å². The van der Waals surface area contributed by atoms with Gasteiger partial charge in [-0.3, -0.25) is 4.79 Å². The second-order valence-corrected chi connectivity index (χ2v) is 4.24. The number of unbranched alkanes of at least 4 members (excludes halogenated alkanes) is 2. The molecule has 1 aromatic rings. The normalized spacial score (nSPS) is 9.71. The monoisotopic (exact) mass is 250 g/mol. The highest BCUT2D eigenvalue weighted by Crippen LogP contribution is 2.20. The van der Waals surface area contributed by atoms with E-state index in [1.54, 1.807) is 18.2 Å². The van der Waals surface area contributed by atoms with Gasteiger partial charge in [-0.1, -0.05) is 31.4 Å². The van der Waals surface area contributed by atoms with Gasteiger partial charge < -0.3 is 5.32 Å². The Kier molecular flexibility index (Phi) is 5.51. The van der Waals surface area contributed by atoms with Crippen molar-refractivity contribution >= 4 is 23.2 Å². The predicted molar refractivity (Wildman–Crippen MR) is 68.9 cm³/mol. The van der Waals surface area contributed by atoms with Gasteiger partial charge in [0.15, 0.2) is 0 Å². The lowest BCUT2D eigenvalue weighted by molar-refractivity contribution is -0.116. The number of carbonyl (C=O) groups is 1. The molecule has 0 saturated carbocycles. The first-order valence-corrected chi connectivity index (χ1v) is 6.04. The minimum absolute atomic E-state index is 0.0720. The summed E-state index contributed by atoms with van der Waals surface area (Å²) in [5, 5.41) is 12.1. The highest BCUT2D eigenvalue weighted by molar-refractivity contribution is 6.31. The summed E-state index contributed by atoms with van der Waals surface area (Å²) in [6, 6.07) is 6.85. The third-order valence-corrected chi connectivity index (χ3v) is 2.62. The maximum Gasteiger partial charge on any atom is 0.224 e. The number of nitrogens with zero attached hydrogens (tertiary/aromatic N) is 1. The number of carbonyl (C=O) groups excluding carboxylic acids is 1. The number of nitrogens with one attached hydrogen (secondary N) is 1. The van der Waals surface area contributed by atoms with Crippen LogP contribution in [0.1, 0.15) is 38.2 Å². The molecule has 0 aliphatic rings. The first-order chi connectivity index (χ1) is 8.17. The van der Waals surface area contributed by atoms with Crippen molar-refractivity contribution in [3.8, 4) is 6.07 Å². The van der Waals surface area contributed by atoms with Crippen molar-refractivity contribution in [1.29, 1.82) is 5.26 Å². The van der Waals surface area contributed by atoms with E-state index >= 15 is 0 Å². The Morgan fingerprint density at radius 2 is 2.24 bits per heavy atom. The third kappa shape index (κ3) is 4.46. The second kappa shape index (κ2) is 6.93. The molecule has 0 heterocycles. The Bertz CT molecular complexity index is 438. The Morgan fingerprint density at radius 3 is 2.88 bits per heavy atom. The number of hydrogen-bond acceptors (Lipinski definition) is 2. The summed E-state index contributed by atoms with van der Waals surface area (Å²) in [4.78, 5) is 11.6. The summed E-state index contributed by atoms with van der Waals surface area (Å²) >= 11 is 5.82. The van der Waals surface area contributed by atoms with E-state index in [-0.39, 0.29) is 5.91 Å². The van der Waals surface area contributed by atoms with Crippen molar-refractivity contribution in [2.75, 3.05) is 5.32 Å². The van der Waals surface area contributed by atoms with E-state index in [0.29, 0.717) is 22.7 Å². The number of benzene rings is 1. The average molecular weight is 251 g/mol. The van der Waals surface area contributed by atoms with Crippen LogP contribution in [0.2, 0.25) is 5.02 Å². The van der Waals surface area contributed by atoms with Crippen LogP contribution in [0, 0.1) is 11.3 Å². The van der Waals surface area contributed by atoms with Crippen LogP contribution in [0.15, 0.2) is 18.2 Å². The van der Waals surface area contributed by atoms with Crippen molar-refractivity contribution in [3.05, 3.63) is 28.8 Å². The van der Waals surface area contributed by atoms with E-state index in [1.807, 2.05) is 6.07 Å². The molecule has 0 unspecified atom stereocenters. The molecule has 0 aliphatic heterocycles. The predicted octanol–water partition coefficient (Wildman–Crippen LogP) is 3.73. The molecule has 17 heavy (non-hydrogen) atoms. The van der Waals surface area contributed by atoms with Crippen LogP contribution in [0.3, 0.4) is 0 Å². The van der Waals surface area contributed by atoms with Gasteiger partial charge in [-0.2, -0.15) is 5.26 Å². The maximum absolute atomic E-state index is 11.6. The van der Waals surface area contributed by atoms with E-state index in [4.69, 9.17) is 16.9 Å². The zero-order valence-electron chi connectivity index (χ0n) is 9.79. The smallest absolute Gasteiger partial charge is 0.224 e. The SMILES string of the molecule is CCCCCC(=O)Nc1cc(Cl)ccc1C#N. The Morgan fingerprint density at radius 1 is 1.47 bits per heavy atom. The summed E-state index contributed by atoms with van der Waals surface area (Å²) in [6.45, 7) is 2.09. The van der Waals surface area contributed by atoms with Gasteiger partial charge in [0.05, 0.1) is 11.3 Å². The fourth-order valence-corrected chi connectivity index (χ4v) is 1.64. The van der Waals surface area contributed by atoms with Crippen LogP contribution in [0.4, 0.5) is 5.69 Å². The molecule has 0 fully saturated rings. The number of hydrogen-bond donors (Lipinski definition) is 1. The Balaban J connectivity index is 2.64. The summed E-state index contributed by atoms with van der Waals surface area (Å²) < 4.78 is 0. The van der Waals surface area contributed by atoms with Crippen LogP contribution >= 0.6 is 11.6 Å². The minimum Gasteiger partial charge on any atom is -0.325 e. The van der Waals surface area contributed by atoms with Gasteiger partial charge in [0.2, 0.25) is 5.91 Å². The molecular formula is C13H15ClN2O. The van der Waals surface area contributed by atoms with Gasteiger partial charge in [-0.25, -0.2) is 0 Å². The first kappa shape index (κ1) is 13.5. The molecule has 90 valence electrons. The van der Waals surface area contributed by atoms with E-state index in [9.17, 15) is 4.79 Å². The van der Waals surface area contributed by atoms with E-state index in [1.165, 1.54) is 0 Å². The van der Waals surface area contributed by atoms with Crippen molar-refractivity contribution in [1.82, 2.24) is 0 Å². The van der Waals surface area contributed by atoms with Gasteiger partial charge in [0, 0.05) is 11.4 Å². The van der Waals surface area contributed by atoms with Crippen LogP contribution < -0.4 is 5.32 Å². The Labute approximate surface area is 106 Å². The topological polar surface area (TPSA) is 52.9 Å². The summed E-state index contributed by atoms with van der Waals surface area (Å²) in [5.41, 5.74) is 0.916. The van der Waals surface area contributed by atoms with Gasteiger partial charge in [-0.15, -0.1) is 0 Å². The molecular weight excluding hydrogens is 236 g/mol. The van der Waals surface area contributed by atoms with E-state index in [0.717, 1.165) is 19.3 Å². The highest BCUT2D eigenvalue weighted by Gasteiger charge is 2.07. The zero-order chi connectivity index (χ0) is 12.7. The lowest BCUT2D eigenvalue weighted by Crippen LogP contribution is -2.12. The van der Waals surface area contributed by atoms with Gasteiger partial charge >= 0.3 is 0 Å². The molecule has 0 saturated heterocycles. The van der Waals surface area contributed by atoms with Gasteiger partial charge in [0.1, 0.15) is 6.07 Å². The largest absolute Gasteiger partial charge is 0.325 e. The van der Waals surface area contributed by atoms with Crippen LogP contribution in [0.25, 0.3) is 0 Å². The van der Waals surface area contributed by atoms with Gasteiger partial charge in [-0.05, 0) is 24.6 Å². The molecule has 1 amide bonds. The molecule has 1 rings (SSSR count). The first-order valence-electron chi connectivity index (χ1n) is 5.67. The lowest BCUT2D eigenvalue weighted by Gasteiger charge is -2.07. The third-order valence-electron chi connectivity index (χ3n) is 2.38. The Hall–Kier alpha value is -1.53. The number of nitriles is 1. The maximum atomic E-state index is 11.6. The molecule has 1 aromatic carbocycles. The van der Waals surface area contributed by atoms with Crippen molar-refractivity contribution in [2.24, 2.45) is 0 Å². The average Bonchev–Trinajstić information content (AvgIpc) is 2.29. The van der Waals surface area contributed by atoms with Crippen LogP contribution in [0.5, 0.6) is 0 Å². The molecule has 4 heteroatoms. The standard InChI is InChI=1S/C13H15ClN2O/c1-2-3-4-5-13(17)16-12-8-11(14)7-6-10(12)9-15/h6-8H,2-5H2,1H3,(H,16,17). The number of halogens is 1. The quantitative estimate of drug-likeness (QED) is 0.810. The molecule has 0 aliphatic carbocycles. The van der Waals surface area contributed by atoms with Crippen LogP contribution in [-0.2, 0) is 4.79 Å². The number of anilines is 1. The highest BCUT2D eigenvalue weighted by atomic mass is 35.5. The fraction of sp³-hybridized carbons (Fsp3) is 0.385. The number of amides is 1. The summed E-state index contributed by atoms with van der Waals surface area (Å²) in [6.07, 6.45) is 3.46. The zero-order valence-corrected chi connectivity index (χ0v) is 10.5. The summed E-state index contributed by atoms with van der Waals surface area (Å²) in [7, 11) is 0. The molecule has 0 aromatic heterocycles. The number of rotatable bonds is 5. The van der Waals surface area contributed by atoms with E-state index in [2.05, 4.69) is 12.2 Å². The second-order valence-electron chi connectivity index (χ2n) is 3.81. The van der Waals surface area contributed by atoms with Crippen molar-refractivity contribution in [3.63, 3.8) is 0 Å². The van der Waals surface area contributed by atoms with E-state index < -0.39 is 0 Å².